The Labute approximate surface area is 200 Å². The average Bonchev–Trinajstić information content (AvgIpc) is 2.81. The van der Waals surface area contributed by atoms with E-state index < -0.39 is 23.8 Å². The van der Waals surface area contributed by atoms with Crippen molar-refractivity contribution in [2.45, 2.75) is 46.5 Å². The van der Waals surface area contributed by atoms with E-state index in [1.807, 2.05) is 26.8 Å². The fraction of sp³-hybridized carbons (Fsp3) is 0.500. The molecule has 0 bridgehead atoms. The van der Waals surface area contributed by atoms with Gasteiger partial charge in [0.2, 0.25) is 0 Å². The van der Waals surface area contributed by atoms with Gasteiger partial charge in [0.25, 0.3) is 0 Å². The predicted octanol–water partition coefficient (Wildman–Crippen LogP) is 3.66. The van der Waals surface area contributed by atoms with Gasteiger partial charge in [-0.3, -0.25) is 9.59 Å². The summed E-state index contributed by atoms with van der Waals surface area (Å²) in [7, 11) is 2.81. The second-order valence-corrected chi connectivity index (χ2v) is 8.51. The van der Waals surface area contributed by atoms with E-state index in [1.54, 1.807) is 19.1 Å². The first-order valence-corrected chi connectivity index (χ1v) is 11.6. The summed E-state index contributed by atoms with van der Waals surface area (Å²) in [5.41, 5.74) is 2.72. The highest BCUT2D eigenvalue weighted by Gasteiger charge is 2.47. The van der Waals surface area contributed by atoms with Crippen LogP contribution in [0.1, 0.15) is 52.0 Å². The maximum atomic E-state index is 13.7. The molecule has 184 valence electrons. The molecule has 1 aliphatic carbocycles. The van der Waals surface area contributed by atoms with Gasteiger partial charge in [-0.2, -0.15) is 0 Å². The lowest BCUT2D eigenvalue weighted by molar-refractivity contribution is -0.151. The van der Waals surface area contributed by atoms with Gasteiger partial charge >= 0.3 is 11.9 Å². The van der Waals surface area contributed by atoms with Crippen LogP contribution in [0.15, 0.2) is 40.7 Å². The van der Waals surface area contributed by atoms with Crippen LogP contribution in [-0.2, 0) is 23.9 Å². The number of nitrogens with one attached hydrogen (secondary N) is 1. The van der Waals surface area contributed by atoms with Crippen molar-refractivity contribution in [2.24, 2.45) is 11.8 Å². The molecule has 1 aliphatic heterocycles. The second-order valence-electron chi connectivity index (χ2n) is 8.51. The van der Waals surface area contributed by atoms with Crippen molar-refractivity contribution < 1.29 is 33.3 Å². The third kappa shape index (κ3) is 4.67. The molecular formula is C26H33NO7. The van der Waals surface area contributed by atoms with Crippen molar-refractivity contribution in [3.8, 4) is 11.5 Å². The van der Waals surface area contributed by atoms with Crippen molar-refractivity contribution in [1.29, 1.82) is 0 Å². The summed E-state index contributed by atoms with van der Waals surface area (Å²) in [5.74, 6) is -2.29. The van der Waals surface area contributed by atoms with Crippen molar-refractivity contribution in [2.75, 3.05) is 27.4 Å². The van der Waals surface area contributed by atoms with Gasteiger partial charge in [-0.25, -0.2) is 4.79 Å². The lowest BCUT2D eigenvalue weighted by Crippen LogP contribution is -2.43. The van der Waals surface area contributed by atoms with Crippen LogP contribution in [0.25, 0.3) is 0 Å². The molecule has 0 fully saturated rings. The van der Waals surface area contributed by atoms with Crippen LogP contribution in [0, 0.1) is 11.8 Å². The van der Waals surface area contributed by atoms with Crippen molar-refractivity contribution >= 4 is 17.7 Å². The third-order valence-corrected chi connectivity index (χ3v) is 6.22. The van der Waals surface area contributed by atoms with E-state index in [9.17, 15) is 14.4 Å². The van der Waals surface area contributed by atoms with Gasteiger partial charge < -0.3 is 24.3 Å². The zero-order valence-corrected chi connectivity index (χ0v) is 20.7. The fourth-order valence-corrected chi connectivity index (χ4v) is 4.70. The Hall–Kier alpha value is -3.29. The molecule has 34 heavy (non-hydrogen) atoms. The number of hydrogen-bond donors (Lipinski definition) is 1. The number of dihydropyridines is 1. The van der Waals surface area contributed by atoms with Crippen molar-refractivity contribution in [3.05, 3.63) is 46.3 Å². The summed E-state index contributed by atoms with van der Waals surface area (Å²) in [4.78, 5) is 39.4. The van der Waals surface area contributed by atoms with E-state index in [4.69, 9.17) is 18.9 Å². The van der Waals surface area contributed by atoms with E-state index in [-0.39, 0.29) is 18.3 Å². The third-order valence-electron chi connectivity index (χ3n) is 6.22. The lowest BCUT2D eigenvalue weighted by atomic mass is 9.69. The molecule has 0 aromatic heterocycles. The molecule has 0 spiro atoms. The second kappa shape index (κ2) is 10.8. The molecule has 8 heteroatoms. The number of carbonyl (C=O) groups excluding carboxylic acids is 3. The molecule has 0 unspecified atom stereocenters. The van der Waals surface area contributed by atoms with E-state index in [0.717, 1.165) is 0 Å². The summed E-state index contributed by atoms with van der Waals surface area (Å²) >= 11 is 0. The summed E-state index contributed by atoms with van der Waals surface area (Å²) in [6, 6.07) is 5.34. The minimum atomic E-state index is -0.941. The molecule has 3 atom stereocenters. The molecule has 1 aromatic rings. The monoisotopic (exact) mass is 471 g/mol. The van der Waals surface area contributed by atoms with Crippen LogP contribution >= 0.6 is 0 Å². The van der Waals surface area contributed by atoms with Gasteiger partial charge in [0.05, 0.1) is 33.0 Å². The number of Topliss-reactive ketones (excluding diaryl/α,β-unsaturated/α-hetero) is 1. The maximum Gasteiger partial charge on any atom is 0.336 e. The number of ether oxygens (including phenoxy) is 4. The zero-order chi connectivity index (χ0) is 25.0. The molecule has 0 saturated carbocycles. The predicted molar refractivity (Wildman–Crippen MR) is 125 cm³/mol. The molecule has 0 saturated heterocycles. The largest absolute Gasteiger partial charge is 0.493 e. The Morgan fingerprint density at radius 3 is 2.50 bits per heavy atom. The Morgan fingerprint density at radius 2 is 1.88 bits per heavy atom. The first-order chi connectivity index (χ1) is 16.3. The van der Waals surface area contributed by atoms with Crippen LogP contribution in [0.3, 0.4) is 0 Å². The van der Waals surface area contributed by atoms with Gasteiger partial charge in [-0.05, 0) is 50.3 Å². The zero-order valence-electron chi connectivity index (χ0n) is 20.7. The Kier molecular flexibility index (Phi) is 8.02. The fourth-order valence-electron chi connectivity index (χ4n) is 4.70. The molecular weight excluding hydrogens is 438 g/mol. The van der Waals surface area contributed by atoms with Gasteiger partial charge in [0.1, 0.15) is 5.92 Å². The molecule has 1 aromatic carbocycles. The van der Waals surface area contributed by atoms with Crippen LogP contribution in [0.2, 0.25) is 0 Å². The van der Waals surface area contributed by atoms with Crippen LogP contribution in [0.4, 0.5) is 0 Å². The summed E-state index contributed by atoms with van der Waals surface area (Å²) in [6.45, 7) is 8.16. The highest BCUT2D eigenvalue weighted by atomic mass is 16.5. The minimum absolute atomic E-state index is 0.247. The topological polar surface area (TPSA) is 100 Å². The SMILES string of the molecule is CCCOC(=O)C1=C(C)NC2=C(C(=O)[C@H](C(=O)OC)[C@H](C)C2)[C@@H]1c1ccc(OCC)c(OC)c1. The highest BCUT2D eigenvalue weighted by Crippen LogP contribution is 2.46. The normalized spacial score (nSPS) is 22.1. The number of allylic oxidation sites excluding steroid dienone is 3. The number of benzene rings is 1. The van der Waals surface area contributed by atoms with Gasteiger partial charge in [-0.1, -0.05) is 19.9 Å². The number of carbonyl (C=O) groups is 3. The van der Waals surface area contributed by atoms with Gasteiger partial charge in [0, 0.05) is 22.9 Å². The number of esters is 2. The highest BCUT2D eigenvalue weighted by molar-refractivity contribution is 6.12. The lowest BCUT2D eigenvalue weighted by Gasteiger charge is -2.38. The molecule has 3 rings (SSSR count). The first kappa shape index (κ1) is 25.3. The number of ketones is 1. The number of methoxy groups -OCH3 is 2. The Balaban J connectivity index is 2.19. The quantitative estimate of drug-likeness (QED) is 0.453. The average molecular weight is 472 g/mol. The van der Waals surface area contributed by atoms with E-state index in [0.29, 0.717) is 59.1 Å². The van der Waals surface area contributed by atoms with Gasteiger partial charge in [-0.15, -0.1) is 0 Å². The van der Waals surface area contributed by atoms with Crippen LogP contribution in [0.5, 0.6) is 11.5 Å². The number of hydrogen-bond acceptors (Lipinski definition) is 8. The standard InChI is InChI=1S/C26H33NO7/c1-7-11-34-26(30)21-15(4)27-17-12-14(3)20(25(29)32-6)24(28)23(17)22(21)16-9-10-18(33-8-2)19(13-16)31-5/h9-10,13-14,20,22,27H,7-8,11-12H2,1-6H3/t14-,20-,22-/m1/s1. The molecule has 0 amide bonds. The van der Waals surface area contributed by atoms with E-state index >= 15 is 0 Å². The number of rotatable bonds is 8. The van der Waals surface area contributed by atoms with Crippen molar-refractivity contribution in [3.63, 3.8) is 0 Å². The minimum Gasteiger partial charge on any atom is -0.493 e. The van der Waals surface area contributed by atoms with E-state index in [1.165, 1.54) is 14.2 Å². The molecule has 0 radical (unpaired) electrons. The molecule has 8 nitrogen and oxygen atoms in total. The van der Waals surface area contributed by atoms with Crippen LogP contribution < -0.4 is 14.8 Å². The molecule has 1 heterocycles. The molecule has 1 N–H and O–H groups in total. The van der Waals surface area contributed by atoms with Gasteiger partial charge in [0.15, 0.2) is 17.3 Å². The first-order valence-electron chi connectivity index (χ1n) is 11.6. The maximum absolute atomic E-state index is 13.7. The van der Waals surface area contributed by atoms with Crippen molar-refractivity contribution in [1.82, 2.24) is 5.32 Å². The van der Waals surface area contributed by atoms with E-state index in [2.05, 4.69) is 5.32 Å². The summed E-state index contributed by atoms with van der Waals surface area (Å²) in [6.07, 6.45) is 1.14. The summed E-state index contributed by atoms with van der Waals surface area (Å²) < 4.78 is 21.6. The Morgan fingerprint density at radius 1 is 1.15 bits per heavy atom. The summed E-state index contributed by atoms with van der Waals surface area (Å²) in [5, 5.41) is 3.25. The molecule has 2 aliphatic rings. The Bertz CT molecular complexity index is 1040. The van der Waals surface area contributed by atoms with Crippen LogP contribution in [-0.4, -0.2) is 45.2 Å². The smallest absolute Gasteiger partial charge is 0.336 e.